The van der Waals surface area contributed by atoms with Crippen LogP contribution in [-0.4, -0.2) is 24.9 Å². The van der Waals surface area contributed by atoms with Gasteiger partial charge in [-0.1, -0.05) is 46.3 Å². The lowest BCUT2D eigenvalue weighted by Crippen LogP contribution is -2.64. The average molecular weight is 551 g/mol. The van der Waals surface area contributed by atoms with Crippen LogP contribution in [0.4, 0.5) is 0 Å². The van der Waals surface area contributed by atoms with Crippen LogP contribution < -0.4 is 0 Å². The number of fused-ring (bicyclic) bond motifs is 5. The molecule has 0 heterocycles. The van der Waals surface area contributed by atoms with Crippen LogP contribution in [0.25, 0.3) is 0 Å². The van der Waals surface area contributed by atoms with Crippen LogP contribution in [0.5, 0.6) is 0 Å². The van der Waals surface area contributed by atoms with Crippen molar-refractivity contribution in [2.45, 2.75) is 144 Å². The van der Waals surface area contributed by atoms with Crippen molar-refractivity contribution in [3.05, 3.63) is 11.6 Å². The predicted molar refractivity (Wildman–Crippen MR) is 162 cm³/mol. The maximum Gasteiger partial charge on any atom is 0.0688 e. The molecule has 0 spiro atoms. The average Bonchev–Trinajstić information content (AvgIpc) is 3.24. The zero-order valence-corrected chi connectivity index (χ0v) is 27.1. The highest BCUT2D eigenvalue weighted by Crippen LogP contribution is 2.76. The Balaban J connectivity index is 1.59. The largest absolute Gasteiger partial charge is 0.377 e. The summed E-state index contributed by atoms with van der Waals surface area (Å²) in [5.74, 6) is 2.66. The van der Waals surface area contributed by atoms with E-state index in [-0.39, 0.29) is 17.1 Å². The van der Waals surface area contributed by atoms with Gasteiger partial charge in [-0.2, -0.15) is 10.5 Å². The molecule has 4 aliphatic rings. The molecule has 0 aromatic rings. The molecule has 0 aromatic carbocycles. The Hall–Kier alpha value is -1.36. The molecule has 4 rings (SSSR count). The fourth-order valence-electron chi connectivity index (χ4n) is 11.3. The number of allylic oxidation sites excluding steroid dienone is 2. The standard InChI is InChI=1S/C36H58N2O2/c1-26(2)12-9-18-36(8,40-25-11-23-38)28-15-20-34(6)27(28)13-14-30-33(5)19-17-31(39-24-10-22-37)32(3,4)29(33)16-21-35(30,34)7/h12,27-31H,9-11,13-21,24-25H2,1-8H3/t27-,28+,29+,30-,31+,33+,34-,35-,36+/m1/s1. The zero-order valence-electron chi connectivity index (χ0n) is 27.1. The van der Waals surface area contributed by atoms with Crippen LogP contribution in [0.3, 0.4) is 0 Å². The minimum Gasteiger partial charge on any atom is -0.377 e. The lowest BCUT2D eigenvalue weighted by Gasteiger charge is -2.70. The van der Waals surface area contributed by atoms with Gasteiger partial charge in [-0.15, -0.1) is 0 Å². The molecule has 40 heavy (non-hydrogen) atoms. The lowest BCUT2D eigenvalue weighted by molar-refractivity contribution is -0.231. The molecule has 224 valence electrons. The highest BCUT2D eigenvalue weighted by Gasteiger charge is 2.69. The van der Waals surface area contributed by atoms with E-state index in [2.05, 4.69) is 73.6 Å². The fourth-order valence-corrected chi connectivity index (χ4v) is 11.3. The van der Waals surface area contributed by atoms with Crippen LogP contribution in [0.2, 0.25) is 0 Å². The first-order valence-corrected chi connectivity index (χ1v) is 16.4. The highest BCUT2D eigenvalue weighted by atomic mass is 16.5. The Morgan fingerprint density at radius 1 is 0.850 bits per heavy atom. The van der Waals surface area contributed by atoms with Crippen LogP contribution in [0.1, 0.15) is 132 Å². The Labute approximate surface area is 246 Å². The molecule has 4 saturated carbocycles. The van der Waals surface area contributed by atoms with Crippen molar-refractivity contribution >= 4 is 0 Å². The second-order valence-corrected chi connectivity index (χ2v) is 15.8. The van der Waals surface area contributed by atoms with Crippen LogP contribution >= 0.6 is 0 Å². The number of ether oxygens (including phenoxy) is 2. The molecular weight excluding hydrogens is 492 g/mol. The van der Waals surface area contributed by atoms with Gasteiger partial charge >= 0.3 is 0 Å². The summed E-state index contributed by atoms with van der Waals surface area (Å²) in [6, 6.07) is 4.57. The first kappa shape index (κ1) is 31.6. The lowest BCUT2D eigenvalue weighted by atomic mass is 9.35. The van der Waals surface area contributed by atoms with Crippen molar-refractivity contribution in [2.24, 2.45) is 45.3 Å². The molecule has 0 bridgehead atoms. The van der Waals surface area contributed by atoms with Gasteiger partial charge in [-0.3, -0.25) is 0 Å². The molecule has 0 N–H and O–H groups in total. The van der Waals surface area contributed by atoms with Gasteiger partial charge in [0.1, 0.15) is 0 Å². The molecule has 0 amide bonds. The molecule has 0 aliphatic heterocycles. The Bertz CT molecular complexity index is 1020. The van der Waals surface area contributed by atoms with Crippen molar-refractivity contribution in [3.8, 4) is 12.1 Å². The zero-order chi connectivity index (χ0) is 29.4. The number of rotatable bonds is 10. The maximum atomic E-state index is 9.23. The Kier molecular flexibility index (Phi) is 9.26. The number of hydrogen-bond acceptors (Lipinski definition) is 4. The Morgan fingerprint density at radius 2 is 1.52 bits per heavy atom. The molecule has 4 fully saturated rings. The van der Waals surface area contributed by atoms with Gasteiger partial charge in [0.25, 0.3) is 0 Å². The van der Waals surface area contributed by atoms with Gasteiger partial charge in [-0.25, -0.2) is 0 Å². The third kappa shape index (κ3) is 5.20. The van der Waals surface area contributed by atoms with Crippen molar-refractivity contribution < 1.29 is 9.47 Å². The van der Waals surface area contributed by atoms with Gasteiger partial charge in [0.05, 0.1) is 49.9 Å². The number of hydrogen-bond donors (Lipinski definition) is 0. The number of nitriles is 2. The van der Waals surface area contributed by atoms with E-state index >= 15 is 0 Å². The van der Waals surface area contributed by atoms with Gasteiger partial charge < -0.3 is 9.47 Å². The SMILES string of the molecule is CC(C)=CCC[C@](C)(OCCC#N)[C@H]1CC[C@]2(C)[C@@H]1CC[C@@H]1[C@@]3(C)CC[C@H](OCCC#N)C(C)(C)[C@@H]3CC[C@]12C. The second-order valence-electron chi connectivity index (χ2n) is 15.8. The summed E-state index contributed by atoms with van der Waals surface area (Å²) in [5, 5.41) is 18.3. The molecule has 0 aromatic heterocycles. The first-order chi connectivity index (χ1) is 18.8. The maximum absolute atomic E-state index is 9.23. The molecule has 0 unspecified atom stereocenters. The summed E-state index contributed by atoms with van der Waals surface area (Å²) in [6.07, 6.45) is 15.9. The Morgan fingerprint density at radius 3 is 2.20 bits per heavy atom. The monoisotopic (exact) mass is 550 g/mol. The minimum absolute atomic E-state index is 0.137. The predicted octanol–water partition coefficient (Wildman–Crippen LogP) is 9.41. The highest BCUT2D eigenvalue weighted by molar-refractivity contribution is 5.18. The summed E-state index contributed by atoms with van der Waals surface area (Å²) >= 11 is 0. The van der Waals surface area contributed by atoms with E-state index in [1.54, 1.807) is 0 Å². The van der Waals surface area contributed by atoms with Gasteiger partial charge in [0.15, 0.2) is 0 Å². The molecule has 0 saturated heterocycles. The molecular formula is C36H58N2O2. The van der Waals surface area contributed by atoms with E-state index in [1.807, 2.05) is 0 Å². The third-order valence-corrected chi connectivity index (χ3v) is 13.5. The van der Waals surface area contributed by atoms with Crippen LogP contribution in [0.15, 0.2) is 11.6 Å². The van der Waals surface area contributed by atoms with Gasteiger partial charge in [-0.05, 0) is 130 Å². The van der Waals surface area contributed by atoms with Crippen LogP contribution in [0, 0.1) is 68.0 Å². The summed E-state index contributed by atoms with van der Waals surface area (Å²) in [4.78, 5) is 0. The summed E-state index contributed by atoms with van der Waals surface area (Å²) in [6.45, 7) is 20.8. The topological polar surface area (TPSA) is 66.0 Å². The van der Waals surface area contributed by atoms with E-state index in [0.717, 1.165) is 25.2 Å². The minimum atomic E-state index is -0.170. The van der Waals surface area contributed by atoms with Gasteiger partial charge in [0.2, 0.25) is 0 Å². The second kappa shape index (κ2) is 11.7. The van der Waals surface area contributed by atoms with E-state index in [0.29, 0.717) is 60.1 Å². The normalized spacial score (nSPS) is 41.4. The van der Waals surface area contributed by atoms with Crippen molar-refractivity contribution in [1.29, 1.82) is 10.5 Å². The van der Waals surface area contributed by atoms with E-state index in [1.165, 1.54) is 50.5 Å². The molecule has 4 nitrogen and oxygen atoms in total. The third-order valence-electron chi connectivity index (χ3n) is 13.5. The van der Waals surface area contributed by atoms with E-state index in [9.17, 15) is 5.26 Å². The van der Waals surface area contributed by atoms with E-state index in [4.69, 9.17) is 14.7 Å². The van der Waals surface area contributed by atoms with Crippen molar-refractivity contribution in [3.63, 3.8) is 0 Å². The van der Waals surface area contributed by atoms with Crippen LogP contribution in [-0.2, 0) is 9.47 Å². The molecule has 9 atom stereocenters. The fraction of sp³-hybridized carbons (Fsp3) is 0.889. The summed E-state index contributed by atoms with van der Waals surface area (Å²) < 4.78 is 13.1. The number of nitrogens with zero attached hydrogens (tertiary/aromatic N) is 2. The smallest absolute Gasteiger partial charge is 0.0688 e. The van der Waals surface area contributed by atoms with Crippen molar-refractivity contribution in [2.75, 3.05) is 13.2 Å². The van der Waals surface area contributed by atoms with Gasteiger partial charge in [0, 0.05) is 0 Å². The molecule has 4 heteroatoms. The van der Waals surface area contributed by atoms with E-state index < -0.39 is 0 Å². The molecule has 4 aliphatic carbocycles. The summed E-state index contributed by atoms with van der Waals surface area (Å²) in [7, 11) is 0. The summed E-state index contributed by atoms with van der Waals surface area (Å²) in [5.41, 5.74) is 2.35. The van der Waals surface area contributed by atoms with Crippen molar-refractivity contribution in [1.82, 2.24) is 0 Å². The first-order valence-electron chi connectivity index (χ1n) is 16.4. The quantitative estimate of drug-likeness (QED) is 0.201. The molecule has 0 radical (unpaired) electrons.